The van der Waals surface area contributed by atoms with Crippen molar-refractivity contribution < 1.29 is 17.9 Å². The van der Waals surface area contributed by atoms with Crippen LogP contribution in [0.1, 0.15) is 80.9 Å². The molecule has 0 radical (unpaired) electrons. The molecule has 3 rings (SSSR count). The highest BCUT2D eigenvalue weighted by atomic mass is 19.2. The molecule has 0 unspecified atom stereocenters. The molecule has 1 aliphatic carbocycles. The summed E-state index contributed by atoms with van der Waals surface area (Å²) >= 11 is 0. The van der Waals surface area contributed by atoms with Crippen molar-refractivity contribution >= 4 is 0 Å². The number of hydrogen-bond acceptors (Lipinski definition) is 1. The summed E-state index contributed by atoms with van der Waals surface area (Å²) in [6, 6.07) is 9.92. The number of hydrogen-bond donors (Lipinski definition) is 0. The van der Waals surface area contributed by atoms with E-state index in [4.69, 9.17) is 0 Å². The van der Waals surface area contributed by atoms with Crippen molar-refractivity contribution in [1.82, 2.24) is 0 Å². The van der Waals surface area contributed by atoms with Crippen LogP contribution in [-0.2, 0) is 6.42 Å². The predicted octanol–water partition coefficient (Wildman–Crippen LogP) is 7.56. The fourth-order valence-electron chi connectivity index (χ4n) is 4.32. The molecule has 1 saturated carbocycles. The quantitative estimate of drug-likeness (QED) is 0.251. The molecule has 31 heavy (non-hydrogen) atoms. The van der Waals surface area contributed by atoms with Gasteiger partial charge in [-0.3, -0.25) is 0 Å². The fourth-order valence-corrected chi connectivity index (χ4v) is 4.32. The lowest BCUT2D eigenvalue weighted by molar-refractivity contribution is 0.346. The summed E-state index contributed by atoms with van der Waals surface area (Å²) in [6.07, 6.45) is 10.1. The molecule has 166 valence electrons. The maximum atomic E-state index is 14.1. The lowest BCUT2D eigenvalue weighted by Crippen LogP contribution is -2.12. The van der Waals surface area contributed by atoms with Gasteiger partial charge in [-0.1, -0.05) is 62.3 Å². The van der Waals surface area contributed by atoms with Gasteiger partial charge in [0.05, 0.1) is 12.7 Å². The Morgan fingerprint density at radius 3 is 2.29 bits per heavy atom. The van der Waals surface area contributed by atoms with Crippen LogP contribution in [0, 0.1) is 35.2 Å². The van der Waals surface area contributed by atoms with Gasteiger partial charge in [0.1, 0.15) is 0 Å². The van der Waals surface area contributed by atoms with Crippen LogP contribution in [0.25, 0.3) is 0 Å². The van der Waals surface area contributed by atoms with Crippen LogP contribution in [0.2, 0.25) is 0 Å². The maximum absolute atomic E-state index is 14.1. The van der Waals surface area contributed by atoms with Crippen LogP contribution in [0.4, 0.5) is 13.2 Å². The number of ether oxygens (including phenoxy) is 1. The number of benzene rings is 2. The molecule has 1 nitrogen and oxygen atoms in total. The number of methoxy groups -OCH3 is 1. The molecule has 0 heterocycles. The number of aryl methyl sites for hydroxylation is 1. The van der Waals surface area contributed by atoms with Gasteiger partial charge in [0, 0.05) is 5.92 Å². The topological polar surface area (TPSA) is 9.23 Å². The first-order valence-corrected chi connectivity index (χ1v) is 11.3. The summed E-state index contributed by atoms with van der Waals surface area (Å²) in [5, 5.41) is 0. The Morgan fingerprint density at radius 2 is 1.65 bits per heavy atom. The number of halogens is 3. The Hall–Kier alpha value is -2.41. The molecular formula is C27H31F3O. The fraction of sp³-hybridized carbons (Fsp3) is 0.481. The molecular weight excluding hydrogens is 397 g/mol. The molecule has 2 aromatic carbocycles. The van der Waals surface area contributed by atoms with E-state index < -0.39 is 23.2 Å². The summed E-state index contributed by atoms with van der Waals surface area (Å²) in [4.78, 5) is 0. The first kappa shape index (κ1) is 23.3. The Morgan fingerprint density at radius 1 is 0.935 bits per heavy atom. The number of rotatable bonds is 7. The van der Waals surface area contributed by atoms with Crippen molar-refractivity contribution in [2.45, 2.75) is 70.6 Å². The second-order valence-corrected chi connectivity index (χ2v) is 8.44. The van der Waals surface area contributed by atoms with E-state index in [9.17, 15) is 13.2 Å². The van der Waals surface area contributed by atoms with Crippen LogP contribution in [-0.4, -0.2) is 7.11 Å². The van der Waals surface area contributed by atoms with Crippen LogP contribution in [0.5, 0.6) is 5.75 Å². The van der Waals surface area contributed by atoms with Gasteiger partial charge >= 0.3 is 0 Å². The first-order valence-electron chi connectivity index (χ1n) is 11.3. The summed E-state index contributed by atoms with van der Waals surface area (Å²) in [5.41, 5.74) is 2.52. The zero-order chi connectivity index (χ0) is 22.2. The molecule has 0 aromatic heterocycles. The lowest BCUT2D eigenvalue weighted by atomic mass is 9.78. The standard InChI is InChI=1S/C27H31F3O/c1-3-4-5-6-7-19-8-13-21(14-9-19)22-15-10-20(11-16-22)12-17-23-18-24(28)27(31-2)26(30)25(23)29/h8-9,13-14,18,20,22H,3-7,10-11,15-16H2,1-2H3. The monoisotopic (exact) mass is 428 g/mol. The summed E-state index contributed by atoms with van der Waals surface area (Å²) in [6.45, 7) is 2.23. The molecule has 0 saturated heterocycles. The Labute approximate surface area is 184 Å². The van der Waals surface area contributed by atoms with Crippen LogP contribution < -0.4 is 4.74 Å². The molecule has 0 aliphatic heterocycles. The minimum atomic E-state index is -1.33. The largest absolute Gasteiger partial charge is 0.491 e. The molecule has 0 spiro atoms. The molecule has 2 aromatic rings. The van der Waals surface area contributed by atoms with E-state index >= 15 is 0 Å². The van der Waals surface area contributed by atoms with Gasteiger partial charge in [-0.2, -0.15) is 4.39 Å². The van der Waals surface area contributed by atoms with E-state index in [0.717, 1.165) is 45.3 Å². The lowest BCUT2D eigenvalue weighted by Gasteiger charge is -2.26. The summed E-state index contributed by atoms with van der Waals surface area (Å²) < 4.78 is 46.3. The Kier molecular flexibility index (Phi) is 8.46. The molecule has 1 aliphatic rings. The first-order chi connectivity index (χ1) is 15.0. The highest BCUT2D eigenvalue weighted by molar-refractivity contribution is 5.42. The van der Waals surface area contributed by atoms with Gasteiger partial charge in [-0.25, -0.2) is 8.78 Å². The zero-order valence-electron chi connectivity index (χ0n) is 18.4. The molecule has 4 heteroatoms. The molecule has 0 N–H and O–H groups in total. The van der Waals surface area contributed by atoms with Crippen molar-refractivity contribution in [2.24, 2.45) is 5.92 Å². The van der Waals surface area contributed by atoms with E-state index in [2.05, 4.69) is 47.8 Å². The third-order valence-corrected chi connectivity index (χ3v) is 6.23. The van der Waals surface area contributed by atoms with Crippen molar-refractivity contribution in [1.29, 1.82) is 0 Å². The highest BCUT2D eigenvalue weighted by Gasteiger charge is 2.22. The smallest absolute Gasteiger partial charge is 0.204 e. The van der Waals surface area contributed by atoms with E-state index in [1.165, 1.54) is 36.8 Å². The summed E-state index contributed by atoms with van der Waals surface area (Å²) in [5.74, 6) is 2.15. The predicted molar refractivity (Wildman–Crippen MR) is 119 cm³/mol. The van der Waals surface area contributed by atoms with Crippen molar-refractivity contribution in [3.63, 3.8) is 0 Å². The van der Waals surface area contributed by atoms with E-state index in [1.54, 1.807) is 0 Å². The Balaban J connectivity index is 1.55. The highest BCUT2D eigenvalue weighted by Crippen LogP contribution is 2.36. The summed E-state index contributed by atoms with van der Waals surface area (Å²) in [7, 11) is 1.10. The average molecular weight is 429 g/mol. The van der Waals surface area contributed by atoms with Crippen molar-refractivity contribution in [3.8, 4) is 17.6 Å². The molecule has 0 atom stereocenters. The van der Waals surface area contributed by atoms with Crippen LogP contribution in [0.15, 0.2) is 30.3 Å². The number of unbranched alkanes of at least 4 members (excludes halogenated alkanes) is 3. The zero-order valence-corrected chi connectivity index (χ0v) is 18.4. The van der Waals surface area contributed by atoms with E-state index in [0.29, 0.717) is 5.92 Å². The van der Waals surface area contributed by atoms with Crippen molar-refractivity contribution in [3.05, 3.63) is 64.5 Å². The second-order valence-electron chi connectivity index (χ2n) is 8.44. The van der Waals surface area contributed by atoms with Gasteiger partial charge in [0.2, 0.25) is 5.82 Å². The second kappa shape index (κ2) is 11.3. The SMILES string of the molecule is CCCCCCc1ccc(C2CCC(C#Cc3cc(F)c(OC)c(F)c3F)CC2)cc1. The molecule has 1 fully saturated rings. The van der Waals surface area contributed by atoms with Gasteiger partial charge in [-0.05, 0) is 61.6 Å². The van der Waals surface area contributed by atoms with E-state index in [1.807, 2.05) is 0 Å². The molecule has 0 bridgehead atoms. The normalized spacial score (nSPS) is 18.4. The van der Waals surface area contributed by atoms with E-state index in [-0.39, 0.29) is 11.5 Å². The van der Waals surface area contributed by atoms with Gasteiger partial charge in [-0.15, -0.1) is 0 Å². The van der Waals surface area contributed by atoms with Gasteiger partial charge in [0.25, 0.3) is 0 Å². The maximum Gasteiger partial charge on any atom is 0.204 e. The van der Waals surface area contributed by atoms with Gasteiger partial charge in [0.15, 0.2) is 17.4 Å². The van der Waals surface area contributed by atoms with Crippen LogP contribution >= 0.6 is 0 Å². The third kappa shape index (κ3) is 6.06. The third-order valence-electron chi connectivity index (χ3n) is 6.23. The van der Waals surface area contributed by atoms with Crippen molar-refractivity contribution in [2.75, 3.05) is 7.11 Å². The Bertz CT molecular complexity index is 916. The molecule has 0 amide bonds. The minimum Gasteiger partial charge on any atom is -0.491 e. The van der Waals surface area contributed by atoms with Gasteiger partial charge < -0.3 is 4.74 Å². The average Bonchev–Trinajstić information content (AvgIpc) is 2.79. The minimum absolute atomic E-state index is 0.113. The van der Waals surface area contributed by atoms with Crippen LogP contribution in [0.3, 0.4) is 0 Å².